The van der Waals surface area contributed by atoms with Gasteiger partial charge < -0.3 is 20.5 Å². The summed E-state index contributed by atoms with van der Waals surface area (Å²) in [4.78, 5) is 33.9. The highest BCUT2D eigenvalue weighted by atomic mass is 16.5. The molecule has 0 fully saturated rings. The lowest BCUT2D eigenvalue weighted by molar-refractivity contribution is -0.150. The number of aliphatic hydroxyl groups is 1. The molecule has 0 saturated heterocycles. The number of aliphatic hydroxyl groups excluding tert-OH is 1. The zero-order chi connectivity index (χ0) is 15.0. The van der Waals surface area contributed by atoms with Gasteiger partial charge in [-0.2, -0.15) is 0 Å². The average molecular weight is 280 g/mol. The summed E-state index contributed by atoms with van der Waals surface area (Å²) in [6.45, 7) is -0.520. The largest absolute Gasteiger partial charge is 0.467 e. The molecule has 20 heavy (non-hydrogen) atoms. The minimum absolute atomic E-state index is 0.248. The first-order valence-corrected chi connectivity index (χ1v) is 5.90. The number of hydrogen-bond donors (Lipinski definition) is 3. The quantitative estimate of drug-likeness (QED) is 0.584. The van der Waals surface area contributed by atoms with E-state index in [1.54, 1.807) is 30.3 Å². The van der Waals surface area contributed by atoms with E-state index in [0.717, 1.165) is 7.11 Å². The molecule has 2 amide bonds. The summed E-state index contributed by atoms with van der Waals surface area (Å²) >= 11 is 0. The minimum atomic E-state index is -1.42. The maximum absolute atomic E-state index is 11.6. The number of hydrogen-bond acceptors (Lipinski definition) is 5. The molecule has 0 radical (unpaired) electrons. The van der Waals surface area contributed by atoms with Crippen molar-refractivity contribution in [3.8, 4) is 0 Å². The summed E-state index contributed by atoms with van der Waals surface area (Å²) < 4.78 is 4.29. The van der Waals surface area contributed by atoms with E-state index in [9.17, 15) is 19.5 Å². The SMILES string of the molecule is COC(=O)C(O)CNC(=O)CNC(=O)c1ccccc1. The highest BCUT2D eigenvalue weighted by Crippen LogP contribution is 1.97. The van der Waals surface area contributed by atoms with Gasteiger partial charge in [0.15, 0.2) is 6.10 Å². The summed E-state index contributed by atoms with van der Waals surface area (Å²) in [6, 6.07) is 8.43. The molecule has 7 heteroatoms. The lowest BCUT2D eigenvalue weighted by atomic mass is 10.2. The lowest BCUT2D eigenvalue weighted by Crippen LogP contribution is -2.42. The zero-order valence-corrected chi connectivity index (χ0v) is 11.0. The second-order valence-corrected chi connectivity index (χ2v) is 3.89. The van der Waals surface area contributed by atoms with Crippen LogP contribution >= 0.6 is 0 Å². The first kappa shape index (κ1) is 15.6. The van der Waals surface area contributed by atoms with Gasteiger partial charge in [0.05, 0.1) is 20.2 Å². The summed E-state index contributed by atoms with van der Waals surface area (Å²) in [5, 5.41) is 14.0. The number of esters is 1. The first-order valence-electron chi connectivity index (χ1n) is 5.90. The van der Waals surface area contributed by atoms with Crippen LogP contribution in [-0.4, -0.2) is 49.2 Å². The number of methoxy groups -OCH3 is 1. The van der Waals surface area contributed by atoms with Gasteiger partial charge in [-0.25, -0.2) is 4.79 Å². The fourth-order valence-electron chi connectivity index (χ4n) is 1.34. The van der Waals surface area contributed by atoms with Crippen molar-refractivity contribution < 1.29 is 24.2 Å². The van der Waals surface area contributed by atoms with E-state index < -0.39 is 18.0 Å². The number of rotatable bonds is 6. The summed E-state index contributed by atoms with van der Waals surface area (Å²) in [5.74, 6) is -1.73. The summed E-state index contributed by atoms with van der Waals surface area (Å²) in [7, 11) is 1.13. The Morgan fingerprint density at radius 3 is 2.45 bits per heavy atom. The predicted molar refractivity (Wildman–Crippen MR) is 69.8 cm³/mol. The molecule has 1 rings (SSSR count). The van der Waals surface area contributed by atoms with Gasteiger partial charge in [0, 0.05) is 5.56 Å². The molecule has 0 aliphatic carbocycles. The van der Waals surface area contributed by atoms with Gasteiger partial charge in [-0.15, -0.1) is 0 Å². The zero-order valence-electron chi connectivity index (χ0n) is 11.0. The highest BCUT2D eigenvalue weighted by molar-refractivity contribution is 5.96. The lowest BCUT2D eigenvalue weighted by Gasteiger charge is -2.10. The van der Waals surface area contributed by atoms with Crippen molar-refractivity contribution in [2.75, 3.05) is 20.2 Å². The van der Waals surface area contributed by atoms with E-state index >= 15 is 0 Å². The number of benzene rings is 1. The highest BCUT2D eigenvalue weighted by Gasteiger charge is 2.16. The molecule has 0 saturated carbocycles. The first-order chi connectivity index (χ1) is 9.54. The Morgan fingerprint density at radius 1 is 1.20 bits per heavy atom. The van der Waals surface area contributed by atoms with E-state index in [1.807, 2.05) is 0 Å². The Kier molecular flexibility index (Phi) is 6.18. The molecule has 1 aromatic rings. The Hall–Kier alpha value is -2.41. The van der Waals surface area contributed by atoms with Crippen LogP contribution in [0, 0.1) is 0 Å². The van der Waals surface area contributed by atoms with Crippen molar-refractivity contribution in [2.24, 2.45) is 0 Å². The number of ether oxygens (including phenoxy) is 1. The van der Waals surface area contributed by atoms with Crippen molar-refractivity contribution in [1.29, 1.82) is 0 Å². The number of carbonyl (C=O) groups is 3. The monoisotopic (exact) mass is 280 g/mol. The van der Waals surface area contributed by atoms with Crippen LogP contribution in [0.3, 0.4) is 0 Å². The third kappa shape index (κ3) is 5.07. The molecule has 1 atom stereocenters. The third-order valence-electron chi connectivity index (χ3n) is 2.41. The molecule has 1 unspecified atom stereocenters. The molecular formula is C13H16N2O5. The molecule has 7 nitrogen and oxygen atoms in total. The van der Waals surface area contributed by atoms with Gasteiger partial charge >= 0.3 is 5.97 Å². The maximum Gasteiger partial charge on any atom is 0.336 e. The Labute approximate surface area is 115 Å². The summed E-state index contributed by atoms with van der Waals surface area (Å²) in [5.41, 5.74) is 0.440. The molecule has 108 valence electrons. The predicted octanol–water partition coefficient (Wildman–Crippen LogP) is -0.933. The average Bonchev–Trinajstić information content (AvgIpc) is 2.50. The molecule has 0 aliphatic rings. The summed E-state index contributed by atoms with van der Waals surface area (Å²) in [6.07, 6.45) is -1.42. The van der Waals surface area contributed by atoms with Gasteiger partial charge in [0.2, 0.25) is 5.91 Å². The van der Waals surface area contributed by atoms with Crippen LogP contribution in [-0.2, 0) is 14.3 Å². The van der Waals surface area contributed by atoms with E-state index in [0.29, 0.717) is 5.56 Å². The van der Waals surface area contributed by atoms with Crippen LogP contribution in [0.5, 0.6) is 0 Å². The molecular weight excluding hydrogens is 264 g/mol. The van der Waals surface area contributed by atoms with Crippen LogP contribution in [0.15, 0.2) is 30.3 Å². The van der Waals surface area contributed by atoms with Crippen molar-refractivity contribution in [2.45, 2.75) is 6.10 Å². The third-order valence-corrected chi connectivity index (χ3v) is 2.41. The van der Waals surface area contributed by atoms with Gasteiger partial charge in [-0.3, -0.25) is 9.59 Å². The van der Waals surface area contributed by atoms with Gasteiger partial charge in [0.25, 0.3) is 5.91 Å². The second-order valence-electron chi connectivity index (χ2n) is 3.89. The maximum atomic E-state index is 11.6. The molecule has 0 spiro atoms. The molecule has 0 aliphatic heterocycles. The van der Waals surface area contributed by atoms with Crippen molar-refractivity contribution >= 4 is 17.8 Å². The Bertz CT molecular complexity index is 475. The van der Waals surface area contributed by atoms with E-state index in [-0.39, 0.29) is 19.0 Å². The van der Waals surface area contributed by atoms with Crippen molar-refractivity contribution in [3.05, 3.63) is 35.9 Å². The molecule has 0 heterocycles. The normalized spacial score (nSPS) is 11.3. The number of amides is 2. The Balaban J connectivity index is 2.30. The fraction of sp³-hybridized carbons (Fsp3) is 0.308. The van der Waals surface area contributed by atoms with Crippen LogP contribution < -0.4 is 10.6 Å². The molecule has 1 aromatic carbocycles. The van der Waals surface area contributed by atoms with Crippen LogP contribution in [0.4, 0.5) is 0 Å². The molecule has 0 bridgehead atoms. The van der Waals surface area contributed by atoms with E-state index in [2.05, 4.69) is 15.4 Å². The van der Waals surface area contributed by atoms with Crippen molar-refractivity contribution in [1.82, 2.24) is 10.6 Å². The van der Waals surface area contributed by atoms with Crippen molar-refractivity contribution in [3.63, 3.8) is 0 Å². The molecule has 0 aromatic heterocycles. The molecule has 3 N–H and O–H groups in total. The number of carbonyl (C=O) groups excluding carboxylic acids is 3. The van der Waals surface area contributed by atoms with Crippen LogP contribution in [0.2, 0.25) is 0 Å². The minimum Gasteiger partial charge on any atom is -0.467 e. The second kappa shape index (κ2) is 7.90. The van der Waals surface area contributed by atoms with Gasteiger partial charge in [0.1, 0.15) is 0 Å². The van der Waals surface area contributed by atoms with Crippen LogP contribution in [0.1, 0.15) is 10.4 Å². The van der Waals surface area contributed by atoms with Gasteiger partial charge in [-0.05, 0) is 12.1 Å². The fourth-order valence-corrected chi connectivity index (χ4v) is 1.34. The van der Waals surface area contributed by atoms with E-state index in [4.69, 9.17) is 0 Å². The van der Waals surface area contributed by atoms with Crippen LogP contribution in [0.25, 0.3) is 0 Å². The Morgan fingerprint density at radius 2 is 1.85 bits per heavy atom. The van der Waals surface area contributed by atoms with E-state index in [1.165, 1.54) is 0 Å². The number of nitrogens with one attached hydrogen (secondary N) is 2. The standard InChI is InChI=1S/C13H16N2O5/c1-20-13(19)10(16)7-14-11(17)8-15-12(18)9-5-3-2-4-6-9/h2-6,10,16H,7-8H2,1H3,(H,14,17)(H,15,18). The van der Waals surface area contributed by atoms with Gasteiger partial charge in [-0.1, -0.05) is 18.2 Å². The smallest absolute Gasteiger partial charge is 0.336 e. The topological polar surface area (TPSA) is 105 Å².